The van der Waals surface area contributed by atoms with Gasteiger partial charge < -0.3 is 10.0 Å². The molecule has 1 aromatic heterocycles. The highest BCUT2D eigenvalue weighted by atomic mass is 19.4. The number of halogens is 3. The van der Waals surface area contributed by atoms with Gasteiger partial charge >= 0.3 is 12.1 Å². The SMILES string of the molecule is Cc1c(C(=O)N2CCC(C(=O)O)(C(F)(F)F)C2)cnn1-c1ccccc1. The van der Waals surface area contributed by atoms with Gasteiger partial charge in [0.05, 0.1) is 23.1 Å². The van der Waals surface area contributed by atoms with Crippen LogP contribution in [0.2, 0.25) is 0 Å². The Morgan fingerprint density at radius 2 is 1.88 bits per heavy atom. The van der Waals surface area contributed by atoms with Gasteiger partial charge in [0.15, 0.2) is 5.41 Å². The van der Waals surface area contributed by atoms with E-state index in [2.05, 4.69) is 5.10 Å². The molecule has 2 aromatic rings. The van der Waals surface area contributed by atoms with E-state index < -0.39 is 36.4 Å². The largest absolute Gasteiger partial charge is 0.481 e. The lowest BCUT2D eigenvalue weighted by molar-refractivity contribution is -0.227. The molecule has 0 saturated carbocycles. The van der Waals surface area contributed by atoms with Gasteiger partial charge in [0.25, 0.3) is 5.91 Å². The fourth-order valence-electron chi connectivity index (χ4n) is 3.13. The Hall–Kier alpha value is -2.84. The monoisotopic (exact) mass is 367 g/mol. The number of carboxylic acid groups (broad SMARTS) is 1. The summed E-state index contributed by atoms with van der Waals surface area (Å²) in [5.74, 6) is -2.62. The van der Waals surface area contributed by atoms with E-state index in [4.69, 9.17) is 5.11 Å². The Morgan fingerprint density at radius 3 is 2.42 bits per heavy atom. The number of rotatable bonds is 3. The van der Waals surface area contributed by atoms with Crippen molar-refractivity contribution in [2.24, 2.45) is 5.41 Å². The van der Waals surface area contributed by atoms with Gasteiger partial charge in [0.1, 0.15) is 0 Å². The van der Waals surface area contributed by atoms with Gasteiger partial charge in [0, 0.05) is 13.1 Å². The summed E-state index contributed by atoms with van der Waals surface area (Å²) in [7, 11) is 0. The average molecular weight is 367 g/mol. The van der Waals surface area contributed by atoms with Crippen LogP contribution in [0, 0.1) is 12.3 Å². The molecule has 0 radical (unpaired) electrons. The van der Waals surface area contributed by atoms with Crippen molar-refractivity contribution in [3.05, 3.63) is 47.8 Å². The average Bonchev–Trinajstić information content (AvgIpc) is 3.19. The number of amides is 1. The molecule has 0 spiro atoms. The number of carbonyl (C=O) groups excluding carboxylic acids is 1. The zero-order valence-electron chi connectivity index (χ0n) is 13.8. The molecular weight excluding hydrogens is 351 g/mol. The summed E-state index contributed by atoms with van der Waals surface area (Å²) in [6.45, 7) is 0.457. The Balaban J connectivity index is 1.88. The molecule has 1 amide bonds. The lowest BCUT2D eigenvalue weighted by atomic mass is 9.86. The summed E-state index contributed by atoms with van der Waals surface area (Å²) >= 11 is 0. The second kappa shape index (κ2) is 6.15. The minimum atomic E-state index is -4.93. The maximum absolute atomic E-state index is 13.3. The molecule has 0 bridgehead atoms. The molecule has 9 heteroatoms. The molecule has 1 N–H and O–H groups in total. The van der Waals surface area contributed by atoms with E-state index in [9.17, 15) is 22.8 Å². The van der Waals surface area contributed by atoms with Gasteiger partial charge in [-0.1, -0.05) is 18.2 Å². The zero-order valence-corrected chi connectivity index (χ0v) is 13.8. The number of likely N-dealkylation sites (tertiary alicyclic amines) is 1. The number of carboxylic acids is 1. The van der Waals surface area contributed by atoms with Crippen LogP contribution in [-0.4, -0.2) is 50.9 Å². The second-order valence-corrected chi connectivity index (χ2v) is 6.25. The summed E-state index contributed by atoms with van der Waals surface area (Å²) in [5, 5.41) is 13.2. The van der Waals surface area contributed by atoms with Crippen LogP contribution in [0.4, 0.5) is 13.2 Å². The molecule has 6 nitrogen and oxygen atoms in total. The minimum absolute atomic E-state index is 0.150. The number of aromatic nitrogens is 2. The first-order chi connectivity index (χ1) is 12.2. The fourth-order valence-corrected chi connectivity index (χ4v) is 3.13. The van der Waals surface area contributed by atoms with Gasteiger partial charge in [-0.2, -0.15) is 18.3 Å². The molecule has 1 aliphatic rings. The molecule has 1 saturated heterocycles. The molecule has 2 heterocycles. The third-order valence-electron chi connectivity index (χ3n) is 4.75. The first-order valence-electron chi connectivity index (χ1n) is 7.87. The number of nitrogens with zero attached hydrogens (tertiary/aromatic N) is 3. The summed E-state index contributed by atoms with van der Waals surface area (Å²) in [4.78, 5) is 24.9. The van der Waals surface area contributed by atoms with Gasteiger partial charge in [-0.15, -0.1) is 0 Å². The van der Waals surface area contributed by atoms with E-state index in [1.807, 2.05) is 6.07 Å². The first kappa shape index (κ1) is 18.0. The van der Waals surface area contributed by atoms with Crippen molar-refractivity contribution in [3.63, 3.8) is 0 Å². The first-order valence-corrected chi connectivity index (χ1v) is 7.87. The molecule has 1 unspecified atom stereocenters. The number of carbonyl (C=O) groups is 2. The number of para-hydroxylation sites is 1. The second-order valence-electron chi connectivity index (χ2n) is 6.25. The van der Waals surface area contributed by atoms with Crippen LogP contribution in [0.15, 0.2) is 36.5 Å². The summed E-state index contributed by atoms with van der Waals surface area (Å²) in [6, 6.07) is 8.97. The van der Waals surface area contributed by atoms with Gasteiger partial charge in [-0.3, -0.25) is 9.59 Å². The predicted octanol–water partition coefficient (Wildman–Crippen LogP) is 2.66. The lowest BCUT2D eigenvalue weighted by Gasteiger charge is -2.27. The van der Waals surface area contributed by atoms with Crippen LogP contribution < -0.4 is 0 Å². The third kappa shape index (κ3) is 2.73. The molecule has 1 atom stereocenters. The van der Waals surface area contributed by atoms with Crippen molar-refractivity contribution in [2.75, 3.05) is 13.1 Å². The standard InChI is InChI=1S/C17H16F3N3O3/c1-11-13(9-21-23(11)12-5-3-2-4-6-12)14(24)22-8-7-16(10-22,15(25)26)17(18,19)20/h2-6,9H,7-8,10H2,1H3,(H,25,26). The molecule has 1 aromatic carbocycles. The third-order valence-corrected chi connectivity index (χ3v) is 4.75. The normalized spacial score (nSPS) is 20.4. The van der Waals surface area contributed by atoms with Crippen LogP contribution in [0.1, 0.15) is 22.5 Å². The summed E-state index contributed by atoms with van der Waals surface area (Å²) in [5.41, 5.74) is -1.59. The number of hydrogen-bond acceptors (Lipinski definition) is 3. The topological polar surface area (TPSA) is 75.4 Å². The van der Waals surface area contributed by atoms with E-state index in [-0.39, 0.29) is 12.1 Å². The van der Waals surface area contributed by atoms with E-state index in [1.165, 1.54) is 10.9 Å². The zero-order chi connectivity index (χ0) is 19.1. The Morgan fingerprint density at radius 1 is 1.23 bits per heavy atom. The summed E-state index contributed by atoms with van der Waals surface area (Å²) < 4.78 is 41.3. The molecule has 26 heavy (non-hydrogen) atoms. The van der Waals surface area contributed by atoms with Gasteiger partial charge in [0.2, 0.25) is 0 Å². The molecular formula is C17H16F3N3O3. The van der Waals surface area contributed by atoms with Crippen LogP contribution in [0.3, 0.4) is 0 Å². The van der Waals surface area contributed by atoms with E-state index >= 15 is 0 Å². The van der Waals surface area contributed by atoms with Crippen LogP contribution in [-0.2, 0) is 4.79 Å². The number of alkyl halides is 3. The van der Waals surface area contributed by atoms with Gasteiger partial charge in [-0.05, 0) is 25.5 Å². The smallest absolute Gasteiger partial charge is 0.406 e. The van der Waals surface area contributed by atoms with Crippen molar-refractivity contribution in [3.8, 4) is 5.69 Å². The van der Waals surface area contributed by atoms with E-state index in [0.717, 1.165) is 4.90 Å². The number of hydrogen-bond donors (Lipinski definition) is 1. The maximum atomic E-state index is 13.3. The van der Waals surface area contributed by atoms with Crippen molar-refractivity contribution in [1.29, 1.82) is 0 Å². The quantitative estimate of drug-likeness (QED) is 0.905. The molecule has 3 rings (SSSR count). The van der Waals surface area contributed by atoms with Crippen LogP contribution >= 0.6 is 0 Å². The highest BCUT2D eigenvalue weighted by molar-refractivity contribution is 5.96. The van der Waals surface area contributed by atoms with Crippen molar-refractivity contribution in [2.45, 2.75) is 19.5 Å². The number of aliphatic carboxylic acids is 1. The maximum Gasteiger partial charge on any atom is 0.406 e. The highest BCUT2D eigenvalue weighted by Gasteiger charge is 2.64. The summed E-state index contributed by atoms with van der Waals surface area (Å²) in [6.07, 6.45) is -4.31. The minimum Gasteiger partial charge on any atom is -0.481 e. The molecule has 1 aliphatic heterocycles. The van der Waals surface area contributed by atoms with E-state index in [1.54, 1.807) is 31.2 Å². The Labute approximate surface area is 146 Å². The van der Waals surface area contributed by atoms with Crippen LogP contribution in [0.25, 0.3) is 5.69 Å². The van der Waals surface area contributed by atoms with Crippen molar-refractivity contribution < 1.29 is 27.9 Å². The molecule has 138 valence electrons. The number of benzene rings is 1. The van der Waals surface area contributed by atoms with Crippen molar-refractivity contribution in [1.82, 2.24) is 14.7 Å². The predicted molar refractivity (Wildman–Crippen MR) is 84.9 cm³/mol. The van der Waals surface area contributed by atoms with Crippen LogP contribution in [0.5, 0.6) is 0 Å². The van der Waals surface area contributed by atoms with Crippen molar-refractivity contribution >= 4 is 11.9 Å². The fraction of sp³-hybridized carbons (Fsp3) is 0.353. The Kier molecular flexibility index (Phi) is 4.25. The van der Waals surface area contributed by atoms with E-state index in [0.29, 0.717) is 11.4 Å². The molecule has 1 fully saturated rings. The lowest BCUT2D eigenvalue weighted by Crippen LogP contribution is -2.47. The Bertz CT molecular complexity index is 848. The highest BCUT2D eigenvalue weighted by Crippen LogP contribution is 2.46. The van der Waals surface area contributed by atoms with Gasteiger partial charge in [-0.25, -0.2) is 4.68 Å². The molecule has 0 aliphatic carbocycles.